The third kappa shape index (κ3) is 2.34. The molecule has 19 heavy (non-hydrogen) atoms. The average molecular weight is 273 g/mol. The zero-order valence-corrected chi connectivity index (χ0v) is 11.1. The number of fused-ring (bicyclic) bond motifs is 1. The summed E-state index contributed by atoms with van der Waals surface area (Å²) in [6.07, 6.45) is 3.01. The minimum Gasteiger partial charge on any atom is -0.308 e. The number of hydrogen-bond acceptors (Lipinski definition) is 2. The predicted molar refractivity (Wildman–Crippen MR) is 75.2 cm³/mol. The van der Waals surface area contributed by atoms with E-state index < -0.39 is 0 Å². The predicted octanol–water partition coefficient (Wildman–Crippen LogP) is 3.21. The van der Waals surface area contributed by atoms with Crippen LogP contribution in [0.4, 0.5) is 5.69 Å². The summed E-state index contributed by atoms with van der Waals surface area (Å²) in [6.45, 7) is 0.475. The highest BCUT2D eigenvalue weighted by Crippen LogP contribution is 2.29. The Morgan fingerprint density at radius 1 is 1.16 bits per heavy atom. The molecule has 0 spiro atoms. The maximum absolute atomic E-state index is 12.1. The summed E-state index contributed by atoms with van der Waals surface area (Å²) < 4.78 is 0. The molecular weight excluding hydrogens is 260 g/mol. The fourth-order valence-electron chi connectivity index (χ4n) is 2.38. The van der Waals surface area contributed by atoms with Crippen LogP contribution in [0.5, 0.6) is 0 Å². The fourth-order valence-corrected chi connectivity index (χ4v) is 2.56. The van der Waals surface area contributed by atoms with Gasteiger partial charge in [-0.15, -0.1) is 0 Å². The van der Waals surface area contributed by atoms with Crippen molar-refractivity contribution in [2.24, 2.45) is 0 Å². The van der Waals surface area contributed by atoms with Crippen LogP contribution >= 0.6 is 11.6 Å². The quantitative estimate of drug-likeness (QED) is 0.787. The van der Waals surface area contributed by atoms with Gasteiger partial charge in [0.1, 0.15) is 5.15 Å². The second-order valence-corrected chi connectivity index (χ2v) is 4.92. The van der Waals surface area contributed by atoms with E-state index in [2.05, 4.69) is 11.1 Å². The van der Waals surface area contributed by atoms with Crippen LogP contribution in [0, 0.1) is 0 Å². The molecule has 1 amide bonds. The van der Waals surface area contributed by atoms with Crippen LogP contribution in [0.2, 0.25) is 5.15 Å². The lowest BCUT2D eigenvalue weighted by atomic mass is 10.0. The van der Waals surface area contributed by atoms with Gasteiger partial charge in [-0.3, -0.25) is 4.79 Å². The number of carbonyl (C=O) groups excluding carboxylic acids is 1. The third-order valence-corrected chi connectivity index (χ3v) is 3.70. The number of aromatic nitrogens is 1. The average Bonchev–Trinajstić information content (AvgIpc) is 2.44. The lowest BCUT2D eigenvalue weighted by molar-refractivity contribution is -0.119. The number of anilines is 1. The number of halogens is 1. The standard InChI is InChI=1S/C15H13ClN2O/c16-15-12(5-3-9-17-15)10-18-13-6-2-1-4-11(13)7-8-14(18)19/h1-6,9H,7-8,10H2. The largest absolute Gasteiger partial charge is 0.308 e. The van der Waals surface area contributed by atoms with Crippen molar-refractivity contribution in [3.8, 4) is 0 Å². The minimum atomic E-state index is 0.138. The minimum absolute atomic E-state index is 0.138. The number of aryl methyl sites for hydroxylation is 1. The van der Waals surface area contributed by atoms with E-state index in [1.807, 2.05) is 30.3 Å². The van der Waals surface area contributed by atoms with Crippen LogP contribution in [-0.2, 0) is 17.8 Å². The Morgan fingerprint density at radius 3 is 2.84 bits per heavy atom. The Bertz CT molecular complexity index is 627. The van der Waals surface area contributed by atoms with E-state index >= 15 is 0 Å². The summed E-state index contributed by atoms with van der Waals surface area (Å²) in [5.41, 5.74) is 3.06. The number of carbonyl (C=O) groups is 1. The van der Waals surface area contributed by atoms with Crippen molar-refractivity contribution in [2.75, 3.05) is 4.90 Å². The zero-order chi connectivity index (χ0) is 13.2. The summed E-state index contributed by atoms with van der Waals surface area (Å²) in [6, 6.07) is 11.7. The molecule has 0 bridgehead atoms. The molecule has 0 aliphatic carbocycles. The first-order valence-corrected chi connectivity index (χ1v) is 6.61. The first kappa shape index (κ1) is 12.2. The van der Waals surface area contributed by atoms with E-state index in [1.165, 1.54) is 5.56 Å². The van der Waals surface area contributed by atoms with Gasteiger partial charge >= 0.3 is 0 Å². The summed E-state index contributed by atoms with van der Waals surface area (Å²) in [5, 5.41) is 0.457. The van der Waals surface area contributed by atoms with E-state index in [4.69, 9.17) is 11.6 Å². The Labute approximate surface area is 116 Å². The van der Waals surface area contributed by atoms with Crippen LogP contribution < -0.4 is 4.90 Å². The number of amides is 1. The first-order chi connectivity index (χ1) is 9.25. The number of rotatable bonds is 2. The molecule has 0 N–H and O–H groups in total. The number of nitrogens with zero attached hydrogens (tertiary/aromatic N) is 2. The van der Waals surface area contributed by atoms with Gasteiger partial charge in [0.25, 0.3) is 0 Å². The summed E-state index contributed by atoms with van der Waals surface area (Å²) in [4.78, 5) is 18.0. The van der Waals surface area contributed by atoms with Crippen LogP contribution in [0.3, 0.4) is 0 Å². The monoisotopic (exact) mass is 272 g/mol. The molecule has 1 aromatic heterocycles. The van der Waals surface area contributed by atoms with Crippen molar-refractivity contribution in [1.82, 2.24) is 4.98 Å². The van der Waals surface area contributed by atoms with E-state index in [-0.39, 0.29) is 5.91 Å². The SMILES string of the molecule is O=C1CCc2ccccc2N1Cc1cccnc1Cl. The van der Waals surface area contributed by atoms with Crippen LogP contribution in [0.25, 0.3) is 0 Å². The molecule has 2 aromatic rings. The van der Waals surface area contributed by atoms with E-state index in [0.29, 0.717) is 18.1 Å². The molecule has 0 saturated heterocycles. The lowest BCUT2D eigenvalue weighted by Crippen LogP contribution is -2.34. The Morgan fingerprint density at radius 2 is 2.00 bits per heavy atom. The lowest BCUT2D eigenvalue weighted by Gasteiger charge is -2.29. The molecule has 3 nitrogen and oxygen atoms in total. The van der Waals surface area contributed by atoms with Crippen molar-refractivity contribution in [3.63, 3.8) is 0 Å². The van der Waals surface area contributed by atoms with Crippen LogP contribution in [0.1, 0.15) is 17.5 Å². The Kier molecular flexibility index (Phi) is 3.22. The second kappa shape index (κ2) is 5.02. The molecule has 4 heteroatoms. The summed E-state index contributed by atoms with van der Waals surface area (Å²) in [7, 11) is 0. The van der Waals surface area contributed by atoms with Gasteiger partial charge in [0.2, 0.25) is 5.91 Å². The van der Waals surface area contributed by atoms with Gasteiger partial charge in [0, 0.05) is 23.9 Å². The maximum Gasteiger partial charge on any atom is 0.227 e. The molecule has 96 valence electrons. The van der Waals surface area contributed by atoms with Gasteiger partial charge in [-0.1, -0.05) is 35.9 Å². The fraction of sp³-hybridized carbons (Fsp3) is 0.200. The molecule has 0 radical (unpaired) electrons. The summed E-state index contributed by atoms with van der Waals surface area (Å²) >= 11 is 6.07. The van der Waals surface area contributed by atoms with Crippen molar-refractivity contribution < 1.29 is 4.79 Å². The normalized spacial score (nSPS) is 14.4. The van der Waals surface area contributed by atoms with Gasteiger partial charge < -0.3 is 4.90 Å². The molecule has 0 atom stereocenters. The number of para-hydroxylation sites is 1. The number of benzene rings is 1. The molecule has 0 fully saturated rings. The molecule has 3 rings (SSSR count). The summed E-state index contributed by atoms with van der Waals surface area (Å²) in [5.74, 6) is 0.138. The van der Waals surface area contributed by atoms with Gasteiger partial charge in [-0.05, 0) is 24.1 Å². The van der Waals surface area contributed by atoms with E-state index in [9.17, 15) is 4.79 Å². The molecular formula is C15H13ClN2O. The van der Waals surface area contributed by atoms with Gasteiger partial charge in [0.15, 0.2) is 0 Å². The van der Waals surface area contributed by atoms with E-state index in [0.717, 1.165) is 17.7 Å². The van der Waals surface area contributed by atoms with Gasteiger partial charge in [-0.2, -0.15) is 0 Å². The first-order valence-electron chi connectivity index (χ1n) is 6.23. The van der Waals surface area contributed by atoms with Crippen molar-refractivity contribution in [1.29, 1.82) is 0 Å². The molecule has 0 saturated carbocycles. The van der Waals surface area contributed by atoms with Crippen molar-refractivity contribution in [2.45, 2.75) is 19.4 Å². The van der Waals surface area contributed by atoms with E-state index in [1.54, 1.807) is 11.1 Å². The molecule has 1 aliphatic heterocycles. The number of pyridine rings is 1. The highest BCUT2D eigenvalue weighted by Gasteiger charge is 2.24. The molecule has 1 aliphatic rings. The molecule has 0 unspecified atom stereocenters. The van der Waals surface area contributed by atoms with Crippen LogP contribution in [-0.4, -0.2) is 10.9 Å². The zero-order valence-electron chi connectivity index (χ0n) is 10.3. The Balaban J connectivity index is 1.96. The van der Waals surface area contributed by atoms with Crippen LogP contribution in [0.15, 0.2) is 42.6 Å². The highest BCUT2D eigenvalue weighted by molar-refractivity contribution is 6.30. The third-order valence-electron chi connectivity index (χ3n) is 3.36. The maximum atomic E-state index is 12.1. The van der Waals surface area contributed by atoms with Crippen molar-refractivity contribution >= 4 is 23.2 Å². The topological polar surface area (TPSA) is 33.2 Å². The number of hydrogen-bond donors (Lipinski definition) is 0. The van der Waals surface area contributed by atoms with Crippen molar-refractivity contribution in [3.05, 3.63) is 58.9 Å². The molecule has 2 heterocycles. The molecule has 1 aromatic carbocycles. The highest BCUT2D eigenvalue weighted by atomic mass is 35.5. The van der Waals surface area contributed by atoms with Gasteiger partial charge in [0.05, 0.1) is 6.54 Å². The Hall–Kier alpha value is -1.87. The smallest absolute Gasteiger partial charge is 0.227 e. The second-order valence-electron chi connectivity index (χ2n) is 4.56. The van der Waals surface area contributed by atoms with Gasteiger partial charge in [-0.25, -0.2) is 4.98 Å².